The minimum Gasteiger partial charge on any atom is -0.480 e. The third-order valence-corrected chi connectivity index (χ3v) is 5.91. The molecule has 0 spiro atoms. The second-order valence-electron chi connectivity index (χ2n) is 9.02. The summed E-state index contributed by atoms with van der Waals surface area (Å²) in [6.45, 7) is 2.47. The molecule has 0 aliphatic rings. The third-order valence-electron chi connectivity index (χ3n) is 5.91. The van der Waals surface area contributed by atoms with Gasteiger partial charge in [0.25, 0.3) is 0 Å². The van der Waals surface area contributed by atoms with E-state index in [2.05, 4.69) is 20.9 Å². The Hall–Kier alpha value is -4.01. The number of rotatable bonds is 14. The van der Waals surface area contributed by atoms with Gasteiger partial charge in [0.1, 0.15) is 24.2 Å². The number of aliphatic hydroxyl groups excluding tert-OH is 2. The van der Waals surface area contributed by atoms with E-state index in [1.165, 1.54) is 13.8 Å². The fourth-order valence-corrected chi connectivity index (χ4v) is 3.68. The topological polar surface area (TPSA) is 250 Å². The van der Waals surface area contributed by atoms with E-state index >= 15 is 0 Å². The summed E-state index contributed by atoms with van der Waals surface area (Å²) in [5.74, 6) is -4.94. The van der Waals surface area contributed by atoms with Crippen LogP contribution in [0.4, 0.5) is 0 Å². The quantitative estimate of drug-likeness (QED) is 0.125. The van der Waals surface area contributed by atoms with Gasteiger partial charge in [-0.2, -0.15) is 0 Å². The van der Waals surface area contributed by atoms with Gasteiger partial charge >= 0.3 is 5.97 Å². The first-order valence-corrected chi connectivity index (χ1v) is 11.9. The average Bonchev–Trinajstić information content (AvgIpc) is 3.26. The van der Waals surface area contributed by atoms with E-state index in [1.54, 1.807) is 18.3 Å². The average molecular weight is 535 g/mol. The molecule has 0 bridgehead atoms. The lowest BCUT2D eigenvalue weighted by atomic mass is 10.0. The highest BCUT2D eigenvalue weighted by Crippen LogP contribution is 2.19. The van der Waals surface area contributed by atoms with Crippen molar-refractivity contribution >= 4 is 40.5 Å². The zero-order chi connectivity index (χ0) is 28.6. The third kappa shape index (κ3) is 8.26. The highest BCUT2D eigenvalue weighted by molar-refractivity contribution is 5.95. The molecule has 208 valence electrons. The molecule has 4 amide bonds. The number of nitrogens with one attached hydrogen (secondary N) is 4. The second-order valence-corrected chi connectivity index (χ2v) is 9.02. The van der Waals surface area contributed by atoms with E-state index < -0.39 is 66.0 Å². The van der Waals surface area contributed by atoms with Crippen molar-refractivity contribution in [2.24, 2.45) is 11.5 Å². The van der Waals surface area contributed by atoms with Crippen LogP contribution in [0.25, 0.3) is 10.9 Å². The van der Waals surface area contributed by atoms with E-state index in [9.17, 15) is 39.3 Å². The monoisotopic (exact) mass is 534 g/mol. The summed E-state index contributed by atoms with van der Waals surface area (Å²) in [6, 6.07) is 1.44. The number of hydrogen-bond acceptors (Lipinski definition) is 8. The lowest BCUT2D eigenvalue weighted by Crippen LogP contribution is -2.60. The van der Waals surface area contributed by atoms with Gasteiger partial charge < -0.3 is 47.7 Å². The number of hydrogen-bond donors (Lipinski definition) is 9. The maximum atomic E-state index is 13.1. The molecule has 0 saturated heterocycles. The molecule has 2 rings (SSSR count). The summed E-state index contributed by atoms with van der Waals surface area (Å²) < 4.78 is 0. The van der Waals surface area contributed by atoms with E-state index in [-0.39, 0.29) is 19.3 Å². The highest BCUT2D eigenvalue weighted by Gasteiger charge is 2.33. The summed E-state index contributed by atoms with van der Waals surface area (Å²) in [4.78, 5) is 64.5. The van der Waals surface area contributed by atoms with Crippen molar-refractivity contribution in [3.05, 3.63) is 36.0 Å². The first-order chi connectivity index (χ1) is 17.8. The molecule has 1 aromatic heterocycles. The number of benzene rings is 1. The molecule has 6 atom stereocenters. The van der Waals surface area contributed by atoms with Crippen LogP contribution in [-0.2, 0) is 30.4 Å². The summed E-state index contributed by atoms with van der Waals surface area (Å²) in [7, 11) is 0. The number of carbonyl (C=O) groups excluding carboxylic acids is 4. The Morgan fingerprint density at radius 2 is 1.55 bits per heavy atom. The number of H-pyrrole nitrogens is 1. The van der Waals surface area contributed by atoms with Gasteiger partial charge in [-0.05, 0) is 31.9 Å². The van der Waals surface area contributed by atoms with Gasteiger partial charge in [0.15, 0.2) is 0 Å². The van der Waals surface area contributed by atoms with E-state index in [0.29, 0.717) is 5.56 Å². The number of aliphatic hydroxyl groups is 2. The number of amides is 4. The van der Waals surface area contributed by atoms with Gasteiger partial charge in [-0.15, -0.1) is 0 Å². The highest BCUT2D eigenvalue weighted by atomic mass is 16.4. The standard InChI is InChI=1S/C24H34N6O8/c1-11(31)19(26)22(35)30-20(12(2)32)23(36)28-16(7-8-18(25)33)21(34)29-17(24(37)38)9-13-10-27-15-6-4-3-5-14(13)15/h3-6,10-12,16-17,19-20,27,31-32H,7-9,26H2,1-2H3,(H2,25,33)(H,28,36)(H,29,34)(H,30,35)(H,37,38). The largest absolute Gasteiger partial charge is 0.480 e. The Bertz CT molecular complexity index is 1160. The number of primary amides is 1. The van der Waals surface area contributed by atoms with Crippen molar-refractivity contribution in [3.63, 3.8) is 0 Å². The Morgan fingerprint density at radius 1 is 0.921 bits per heavy atom. The summed E-state index contributed by atoms with van der Waals surface area (Å²) in [6.07, 6.45) is -1.73. The lowest BCUT2D eigenvalue weighted by Gasteiger charge is -2.26. The zero-order valence-electron chi connectivity index (χ0n) is 21.0. The van der Waals surface area contributed by atoms with Crippen LogP contribution in [0.2, 0.25) is 0 Å². The predicted octanol–water partition coefficient (Wildman–Crippen LogP) is -2.40. The number of nitrogens with two attached hydrogens (primary N) is 2. The fraction of sp³-hybridized carbons (Fsp3) is 0.458. The van der Waals surface area contributed by atoms with Crippen LogP contribution in [0.1, 0.15) is 32.3 Å². The molecule has 1 aromatic carbocycles. The van der Waals surface area contributed by atoms with Crippen molar-refractivity contribution in [3.8, 4) is 0 Å². The number of aromatic amines is 1. The zero-order valence-corrected chi connectivity index (χ0v) is 21.0. The van der Waals surface area contributed by atoms with Crippen molar-refractivity contribution < 1.29 is 39.3 Å². The van der Waals surface area contributed by atoms with E-state index in [1.807, 2.05) is 12.1 Å². The Balaban J connectivity index is 2.20. The second kappa shape index (κ2) is 13.5. The predicted molar refractivity (Wildman–Crippen MR) is 135 cm³/mol. The molecule has 0 radical (unpaired) electrons. The van der Waals surface area contributed by atoms with E-state index in [4.69, 9.17) is 11.5 Å². The molecule has 1 heterocycles. The van der Waals surface area contributed by atoms with Crippen molar-refractivity contribution in [1.82, 2.24) is 20.9 Å². The van der Waals surface area contributed by atoms with Crippen molar-refractivity contribution in [1.29, 1.82) is 0 Å². The normalized spacial score (nSPS) is 15.9. The molecule has 0 saturated carbocycles. The van der Waals surface area contributed by atoms with Crippen LogP contribution in [0.15, 0.2) is 30.5 Å². The minimum absolute atomic E-state index is 0.0782. The van der Waals surface area contributed by atoms with Gasteiger partial charge in [-0.1, -0.05) is 18.2 Å². The maximum absolute atomic E-state index is 13.1. The summed E-state index contributed by atoms with van der Waals surface area (Å²) >= 11 is 0. The van der Waals surface area contributed by atoms with Crippen LogP contribution in [0, 0.1) is 0 Å². The number of fused-ring (bicyclic) bond motifs is 1. The number of carboxylic acid groups (broad SMARTS) is 1. The number of carbonyl (C=O) groups is 5. The molecule has 11 N–H and O–H groups in total. The Labute approximate surface area is 218 Å². The van der Waals surface area contributed by atoms with Gasteiger partial charge in [0.05, 0.1) is 12.2 Å². The molecule has 0 aliphatic carbocycles. The van der Waals surface area contributed by atoms with Crippen LogP contribution < -0.4 is 27.4 Å². The molecule has 14 heteroatoms. The summed E-state index contributed by atoms with van der Waals surface area (Å²) in [5, 5.41) is 36.9. The first-order valence-electron chi connectivity index (χ1n) is 11.9. The SMILES string of the molecule is CC(O)C(N)C(=O)NC(C(=O)NC(CCC(N)=O)C(=O)NC(Cc1c[nH]c2ccccc12)C(=O)O)C(C)O. The van der Waals surface area contributed by atoms with Gasteiger partial charge in [-0.25, -0.2) is 4.79 Å². The number of carboxylic acids is 1. The van der Waals surface area contributed by atoms with Crippen LogP contribution >= 0.6 is 0 Å². The molecule has 38 heavy (non-hydrogen) atoms. The Kier molecular flexibility index (Phi) is 10.7. The molecule has 0 aliphatic heterocycles. The molecular formula is C24H34N6O8. The molecule has 6 unspecified atom stereocenters. The number of aliphatic carboxylic acids is 1. The maximum Gasteiger partial charge on any atom is 0.326 e. The number of aromatic nitrogens is 1. The molecule has 0 fully saturated rings. The minimum atomic E-state index is -1.57. The van der Waals surface area contributed by atoms with Gasteiger partial charge in [0.2, 0.25) is 23.6 Å². The smallest absolute Gasteiger partial charge is 0.326 e. The fourth-order valence-electron chi connectivity index (χ4n) is 3.68. The molecular weight excluding hydrogens is 500 g/mol. The lowest BCUT2D eigenvalue weighted by molar-refractivity contribution is -0.142. The van der Waals surface area contributed by atoms with Crippen LogP contribution in [-0.4, -0.2) is 86.3 Å². The van der Waals surface area contributed by atoms with Crippen LogP contribution in [0.3, 0.4) is 0 Å². The first kappa shape index (κ1) is 30.2. The van der Waals surface area contributed by atoms with Crippen molar-refractivity contribution in [2.45, 2.75) is 69.5 Å². The number of para-hydroxylation sites is 1. The van der Waals surface area contributed by atoms with Crippen molar-refractivity contribution in [2.75, 3.05) is 0 Å². The Morgan fingerprint density at radius 3 is 2.13 bits per heavy atom. The van der Waals surface area contributed by atoms with Gasteiger partial charge in [0, 0.05) is 29.9 Å². The van der Waals surface area contributed by atoms with Gasteiger partial charge in [-0.3, -0.25) is 19.2 Å². The molecule has 2 aromatic rings. The summed E-state index contributed by atoms with van der Waals surface area (Å²) in [5.41, 5.74) is 12.2. The van der Waals surface area contributed by atoms with E-state index in [0.717, 1.165) is 10.9 Å². The molecule has 14 nitrogen and oxygen atoms in total. The van der Waals surface area contributed by atoms with Crippen LogP contribution in [0.5, 0.6) is 0 Å².